The maximum absolute atomic E-state index is 10.7. The van der Waals surface area contributed by atoms with Crippen LogP contribution >= 0.6 is 0 Å². The van der Waals surface area contributed by atoms with Gasteiger partial charge in [0.05, 0.1) is 6.04 Å². The highest BCUT2D eigenvalue weighted by Gasteiger charge is 2.82. The lowest BCUT2D eigenvalue weighted by molar-refractivity contribution is -0.195. The molecule has 2 aromatic carbocycles. The van der Waals surface area contributed by atoms with Gasteiger partial charge in [0.1, 0.15) is 11.4 Å². The maximum atomic E-state index is 10.7. The van der Waals surface area contributed by atoms with E-state index in [0.717, 1.165) is 31.7 Å². The number of methoxy groups -OCH3 is 1. The summed E-state index contributed by atoms with van der Waals surface area (Å²) in [5.41, 5.74) is 3.69. The van der Waals surface area contributed by atoms with Crippen molar-refractivity contribution < 1.29 is 9.84 Å². The number of likely N-dealkylation sites (tertiary alicyclic amines) is 1. The van der Waals surface area contributed by atoms with E-state index in [9.17, 15) is 5.11 Å². The number of rotatable bonds is 4. The van der Waals surface area contributed by atoms with Crippen LogP contribution in [0.15, 0.2) is 60.7 Å². The number of piperidine rings is 1. The van der Waals surface area contributed by atoms with E-state index in [1.54, 1.807) is 0 Å². The van der Waals surface area contributed by atoms with Crippen LogP contribution in [0.25, 0.3) is 0 Å². The number of aromatic hydroxyl groups is 1. The molecule has 1 spiro atoms. The van der Waals surface area contributed by atoms with Gasteiger partial charge in [0.25, 0.3) is 0 Å². The number of ether oxygens (including phenoxy) is 1. The highest BCUT2D eigenvalue weighted by molar-refractivity contribution is 5.57. The zero-order chi connectivity index (χ0) is 23.6. The molecule has 2 saturated carbocycles. The highest BCUT2D eigenvalue weighted by Crippen LogP contribution is 2.77. The molecule has 7 atom stereocenters. The van der Waals surface area contributed by atoms with Gasteiger partial charge in [-0.3, -0.25) is 4.90 Å². The molecule has 5 aliphatic carbocycles. The number of phenolic OH excluding ortho intramolecular Hbond substituents is 1. The van der Waals surface area contributed by atoms with Crippen molar-refractivity contribution in [2.45, 2.75) is 68.2 Å². The van der Waals surface area contributed by atoms with Gasteiger partial charge in [-0.05, 0) is 73.4 Å². The molecule has 0 aromatic heterocycles. The average Bonchev–Trinajstić information content (AvgIpc) is 3.65. The third-order valence-electron chi connectivity index (χ3n) is 11.4. The molecule has 182 valence electrons. The topological polar surface area (TPSA) is 44.7 Å². The van der Waals surface area contributed by atoms with Crippen molar-refractivity contribution in [1.29, 1.82) is 0 Å². The molecule has 2 aliphatic heterocycles. The lowest BCUT2D eigenvalue weighted by Crippen LogP contribution is -2.80. The van der Waals surface area contributed by atoms with Crippen LogP contribution in [0.1, 0.15) is 55.3 Å². The number of hydrogen-bond acceptors (Lipinski definition) is 4. The second-order valence-corrected chi connectivity index (χ2v) is 12.6. The van der Waals surface area contributed by atoms with E-state index >= 15 is 0 Å². The Balaban J connectivity index is 1.39. The van der Waals surface area contributed by atoms with Crippen LogP contribution in [0, 0.1) is 16.7 Å². The predicted octanol–water partition coefficient (Wildman–Crippen LogP) is 4.73. The second-order valence-electron chi connectivity index (χ2n) is 12.6. The first-order chi connectivity index (χ1) is 17.0. The number of hydrogen-bond donors (Lipinski definition) is 2. The molecule has 0 radical (unpaired) electrons. The van der Waals surface area contributed by atoms with E-state index in [2.05, 4.69) is 71.8 Å². The van der Waals surface area contributed by atoms with E-state index in [-0.39, 0.29) is 33.9 Å². The Kier molecular flexibility index (Phi) is 3.95. The molecule has 4 nitrogen and oxygen atoms in total. The monoisotopic (exact) mass is 468 g/mol. The average molecular weight is 469 g/mol. The molecule has 2 saturated heterocycles. The minimum Gasteiger partial charge on any atom is -0.508 e. The Morgan fingerprint density at radius 2 is 1.94 bits per heavy atom. The van der Waals surface area contributed by atoms with E-state index in [0.29, 0.717) is 11.8 Å². The van der Waals surface area contributed by atoms with Crippen molar-refractivity contribution in [2.24, 2.45) is 16.7 Å². The van der Waals surface area contributed by atoms with Crippen molar-refractivity contribution in [3.8, 4) is 5.75 Å². The van der Waals surface area contributed by atoms with Gasteiger partial charge >= 0.3 is 0 Å². The molecule has 35 heavy (non-hydrogen) atoms. The van der Waals surface area contributed by atoms with Crippen LogP contribution in [0.5, 0.6) is 5.75 Å². The highest BCUT2D eigenvalue weighted by atomic mass is 16.5. The Hall–Kier alpha value is -2.14. The molecule has 7 aliphatic rings. The summed E-state index contributed by atoms with van der Waals surface area (Å²) in [5.74, 6) is 1.28. The van der Waals surface area contributed by atoms with Crippen molar-refractivity contribution in [3.63, 3.8) is 0 Å². The number of benzene rings is 2. The third kappa shape index (κ3) is 2.27. The van der Waals surface area contributed by atoms with E-state index in [1.165, 1.54) is 36.1 Å². The summed E-state index contributed by atoms with van der Waals surface area (Å²) in [6.45, 7) is 4.87. The fourth-order valence-corrected chi connectivity index (χ4v) is 9.88. The lowest BCUT2D eigenvalue weighted by atomic mass is 9.34. The fourth-order valence-electron chi connectivity index (χ4n) is 9.88. The zero-order valence-corrected chi connectivity index (χ0v) is 20.8. The molecule has 0 amide bonds. The number of fused-ring (bicyclic) bond motifs is 1. The predicted molar refractivity (Wildman–Crippen MR) is 136 cm³/mol. The smallest absolute Gasteiger partial charge is 0.115 e. The molecule has 2 N–H and O–H groups in total. The molecule has 4 fully saturated rings. The minimum absolute atomic E-state index is 0.0388. The van der Waals surface area contributed by atoms with E-state index in [4.69, 9.17) is 4.74 Å². The standard InChI is InChI=1S/C31H36N2O2/c1-28-19-29-12-13-31(28,35-2)27(32-26(28)21-6-4-3-5-7-21)30(29)14-15-33(18-20-8-9-20)25(29)16-22-10-11-23(34)17-24(22)30/h3-7,10-13,17,20,25-27,32,34H,8-9,14-16,18-19H2,1-2H3/t25-,26+,27+,28+,29-,30+,31?/m1/s1. The summed E-state index contributed by atoms with van der Waals surface area (Å²) < 4.78 is 6.66. The van der Waals surface area contributed by atoms with Crippen LogP contribution in [-0.2, 0) is 16.6 Å². The van der Waals surface area contributed by atoms with Crippen molar-refractivity contribution in [2.75, 3.05) is 20.2 Å². The normalized spacial score (nSPS) is 44.8. The molecular weight excluding hydrogens is 432 g/mol. The largest absolute Gasteiger partial charge is 0.508 e. The van der Waals surface area contributed by atoms with E-state index < -0.39 is 0 Å². The van der Waals surface area contributed by atoms with Crippen LogP contribution in [0.2, 0.25) is 0 Å². The van der Waals surface area contributed by atoms with Gasteiger partial charge < -0.3 is 15.2 Å². The molecule has 9 rings (SSSR count). The van der Waals surface area contributed by atoms with Crippen LogP contribution < -0.4 is 5.32 Å². The summed E-state index contributed by atoms with van der Waals surface area (Å²) in [6, 6.07) is 18.1. The number of nitrogens with one attached hydrogen (secondary N) is 1. The van der Waals surface area contributed by atoms with Crippen LogP contribution in [0.3, 0.4) is 0 Å². The second kappa shape index (κ2) is 6.59. The first-order valence-corrected chi connectivity index (χ1v) is 13.6. The van der Waals surface area contributed by atoms with Gasteiger partial charge in [0.15, 0.2) is 0 Å². The molecule has 2 heterocycles. The van der Waals surface area contributed by atoms with Gasteiger partial charge in [-0.25, -0.2) is 0 Å². The first kappa shape index (κ1) is 21.0. The Morgan fingerprint density at radius 1 is 1.11 bits per heavy atom. The maximum Gasteiger partial charge on any atom is 0.115 e. The molecule has 6 bridgehead atoms. The minimum atomic E-state index is -0.376. The Labute approximate surface area is 208 Å². The van der Waals surface area contributed by atoms with Crippen molar-refractivity contribution in [3.05, 3.63) is 77.4 Å². The lowest BCUT2D eigenvalue weighted by Gasteiger charge is -2.74. The summed E-state index contributed by atoms with van der Waals surface area (Å²) in [4.78, 5) is 2.86. The third-order valence-corrected chi connectivity index (χ3v) is 11.4. The van der Waals surface area contributed by atoms with Crippen LogP contribution in [-0.4, -0.2) is 47.9 Å². The van der Waals surface area contributed by atoms with Gasteiger partial charge in [-0.1, -0.05) is 55.5 Å². The summed E-state index contributed by atoms with van der Waals surface area (Å²) in [5, 5.41) is 14.9. The van der Waals surface area contributed by atoms with Crippen molar-refractivity contribution >= 4 is 0 Å². The Morgan fingerprint density at radius 3 is 2.71 bits per heavy atom. The van der Waals surface area contributed by atoms with Gasteiger partial charge in [0, 0.05) is 42.0 Å². The van der Waals surface area contributed by atoms with E-state index in [1.807, 2.05) is 13.2 Å². The summed E-state index contributed by atoms with van der Waals surface area (Å²) in [7, 11) is 1.92. The molecule has 4 heteroatoms. The summed E-state index contributed by atoms with van der Waals surface area (Å²) in [6.07, 6.45) is 11.1. The van der Waals surface area contributed by atoms with Gasteiger partial charge in [0.2, 0.25) is 0 Å². The first-order valence-electron chi connectivity index (χ1n) is 13.6. The fraction of sp³-hybridized carbons (Fsp3) is 0.548. The van der Waals surface area contributed by atoms with Crippen LogP contribution in [0.4, 0.5) is 0 Å². The number of phenols is 1. The molecular formula is C31H36N2O2. The van der Waals surface area contributed by atoms with Gasteiger partial charge in [-0.15, -0.1) is 0 Å². The summed E-state index contributed by atoms with van der Waals surface area (Å²) >= 11 is 0. The quantitative estimate of drug-likeness (QED) is 0.637. The number of nitrogens with zero attached hydrogens (tertiary/aromatic N) is 1. The van der Waals surface area contributed by atoms with Crippen molar-refractivity contribution in [1.82, 2.24) is 10.2 Å². The SMILES string of the molecule is COC12C=C[C@]34C[C@@]1(C)[C@H](c1ccccc1)N[C@H]2[C@@]31CCN(CC2CC2)[C@@H]4Cc2ccc(O)cc21. The Bertz CT molecular complexity index is 1240. The van der Waals surface area contributed by atoms with Gasteiger partial charge in [-0.2, -0.15) is 0 Å². The molecule has 1 unspecified atom stereocenters. The zero-order valence-electron chi connectivity index (χ0n) is 20.8. The molecule has 2 aromatic rings.